The summed E-state index contributed by atoms with van der Waals surface area (Å²) in [6.07, 6.45) is 1.31. The maximum Gasteiger partial charge on any atom is 0.273 e. The van der Waals surface area contributed by atoms with Crippen LogP contribution in [0.3, 0.4) is 0 Å². The van der Waals surface area contributed by atoms with Crippen LogP contribution in [0.4, 0.5) is 0 Å². The number of imidazole rings is 1. The van der Waals surface area contributed by atoms with Crippen molar-refractivity contribution in [2.75, 3.05) is 7.11 Å². The molecule has 0 N–H and O–H groups in total. The first-order valence-corrected chi connectivity index (χ1v) is 8.70. The van der Waals surface area contributed by atoms with Gasteiger partial charge in [-0.3, -0.25) is 0 Å². The maximum atomic E-state index is 13.0. The lowest BCUT2D eigenvalue weighted by atomic mass is 10.1. The van der Waals surface area contributed by atoms with E-state index in [-0.39, 0.29) is 10.6 Å². The molecule has 0 spiro atoms. The molecule has 1 heterocycles. The zero-order valence-corrected chi connectivity index (χ0v) is 14.4. The Kier molecular flexibility index (Phi) is 3.82. The highest BCUT2D eigenvalue weighted by Crippen LogP contribution is 2.30. The molecule has 1 aromatic heterocycles. The smallest absolute Gasteiger partial charge is 0.273 e. The third-order valence-corrected chi connectivity index (χ3v) is 5.73. The molecule has 0 aliphatic rings. The molecule has 3 aromatic rings. The molecule has 0 radical (unpaired) electrons. The standard InChI is InChI=1S/C16H15ClN2O3S/c1-10-6-13-14(7-11(10)2)19(9-18-13)23(20,21)16-5-4-12(17)8-15(16)22-3/h4-9H,1-3H3. The van der Waals surface area contributed by atoms with Crippen LogP contribution in [0.2, 0.25) is 5.02 Å². The second-order valence-electron chi connectivity index (χ2n) is 5.27. The van der Waals surface area contributed by atoms with E-state index in [1.54, 1.807) is 0 Å². The zero-order chi connectivity index (χ0) is 16.8. The van der Waals surface area contributed by atoms with Gasteiger partial charge in [0.05, 0.1) is 18.1 Å². The number of benzene rings is 2. The van der Waals surface area contributed by atoms with Gasteiger partial charge < -0.3 is 4.74 Å². The highest BCUT2D eigenvalue weighted by molar-refractivity contribution is 7.90. The summed E-state index contributed by atoms with van der Waals surface area (Å²) in [5.74, 6) is 0.197. The summed E-state index contributed by atoms with van der Waals surface area (Å²) >= 11 is 5.91. The number of hydrogen-bond donors (Lipinski definition) is 0. The predicted octanol–water partition coefficient (Wildman–Crippen LogP) is 3.55. The number of ether oxygens (including phenoxy) is 1. The van der Waals surface area contributed by atoms with Crippen molar-refractivity contribution in [2.24, 2.45) is 0 Å². The van der Waals surface area contributed by atoms with E-state index in [1.165, 1.54) is 35.6 Å². The molecule has 0 saturated heterocycles. The monoisotopic (exact) mass is 350 g/mol. The van der Waals surface area contributed by atoms with Gasteiger partial charge in [-0.2, -0.15) is 0 Å². The molecule has 0 atom stereocenters. The topological polar surface area (TPSA) is 61.2 Å². The number of methoxy groups -OCH3 is 1. The lowest BCUT2D eigenvalue weighted by Gasteiger charge is -2.11. The van der Waals surface area contributed by atoms with Gasteiger partial charge in [0.15, 0.2) is 0 Å². The number of rotatable bonds is 3. The summed E-state index contributed by atoms with van der Waals surface area (Å²) in [7, 11) is -2.43. The summed E-state index contributed by atoms with van der Waals surface area (Å²) in [5, 5.41) is 0.405. The Balaban J connectivity index is 2.27. The zero-order valence-electron chi connectivity index (χ0n) is 12.9. The number of aromatic nitrogens is 2. The van der Waals surface area contributed by atoms with Gasteiger partial charge in [0.2, 0.25) is 0 Å². The Morgan fingerprint density at radius 3 is 2.52 bits per heavy atom. The van der Waals surface area contributed by atoms with Crippen molar-refractivity contribution in [2.45, 2.75) is 18.7 Å². The van der Waals surface area contributed by atoms with E-state index in [0.717, 1.165) is 11.1 Å². The number of halogens is 1. The average Bonchev–Trinajstić information content (AvgIpc) is 2.90. The molecular weight excluding hydrogens is 336 g/mol. The van der Waals surface area contributed by atoms with Crippen molar-refractivity contribution in [1.29, 1.82) is 0 Å². The first kappa shape index (κ1) is 15.8. The minimum Gasteiger partial charge on any atom is -0.495 e. The van der Waals surface area contributed by atoms with Crippen LogP contribution in [-0.4, -0.2) is 24.5 Å². The fourth-order valence-corrected chi connectivity index (χ4v) is 3.98. The third-order valence-electron chi connectivity index (χ3n) is 3.79. The third kappa shape index (κ3) is 2.58. The Labute approximate surface area is 139 Å². The summed E-state index contributed by atoms with van der Waals surface area (Å²) in [5.41, 5.74) is 3.22. The molecule has 7 heteroatoms. The van der Waals surface area contributed by atoms with Gasteiger partial charge in [0.25, 0.3) is 10.0 Å². The van der Waals surface area contributed by atoms with Gasteiger partial charge in [-0.05, 0) is 49.2 Å². The lowest BCUT2D eigenvalue weighted by Crippen LogP contribution is -2.13. The first-order valence-electron chi connectivity index (χ1n) is 6.88. The molecule has 0 fully saturated rings. The van der Waals surface area contributed by atoms with E-state index >= 15 is 0 Å². The minimum absolute atomic E-state index is 0.0435. The molecule has 0 aliphatic heterocycles. The van der Waals surface area contributed by atoms with Gasteiger partial charge in [-0.15, -0.1) is 0 Å². The number of nitrogens with zero attached hydrogens (tertiary/aromatic N) is 2. The summed E-state index contributed by atoms with van der Waals surface area (Å²) in [4.78, 5) is 4.25. The maximum absolute atomic E-state index is 13.0. The Morgan fingerprint density at radius 1 is 1.13 bits per heavy atom. The highest BCUT2D eigenvalue weighted by atomic mass is 35.5. The van der Waals surface area contributed by atoms with Crippen molar-refractivity contribution in [1.82, 2.24) is 8.96 Å². The van der Waals surface area contributed by atoms with E-state index in [4.69, 9.17) is 16.3 Å². The fraction of sp³-hybridized carbons (Fsp3) is 0.188. The molecule has 0 bridgehead atoms. The Bertz CT molecular complexity index is 1010. The van der Waals surface area contributed by atoms with Gasteiger partial charge >= 0.3 is 0 Å². The van der Waals surface area contributed by atoms with Gasteiger partial charge in [0, 0.05) is 11.1 Å². The van der Waals surface area contributed by atoms with Gasteiger partial charge in [-0.1, -0.05) is 11.6 Å². The molecule has 120 valence electrons. The van der Waals surface area contributed by atoms with Crippen LogP contribution in [0.25, 0.3) is 11.0 Å². The van der Waals surface area contributed by atoms with Crippen molar-refractivity contribution < 1.29 is 13.2 Å². The van der Waals surface area contributed by atoms with E-state index in [9.17, 15) is 8.42 Å². The van der Waals surface area contributed by atoms with Crippen LogP contribution in [0.1, 0.15) is 11.1 Å². The molecule has 23 heavy (non-hydrogen) atoms. The van der Waals surface area contributed by atoms with E-state index in [0.29, 0.717) is 16.1 Å². The van der Waals surface area contributed by atoms with E-state index in [2.05, 4.69) is 4.98 Å². The second-order valence-corrected chi connectivity index (χ2v) is 7.49. The molecule has 3 rings (SSSR count). The lowest BCUT2D eigenvalue weighted by molar-refractivity contribution is 0.402. The van der Waals surface area contributed by atoms with Crippen molar-refractivity contribution >= 4 is 32.7 Å². The summed E-state index contributed by atoms with van der Waals surface area (Å²) in [6.45, 7) is 3.89. The molecule has 2 aromatic carbocycles. The molecule has 0 saturated carbocycles. The van der Waals surface area contributed by atoms with E-state index < -0.39 is 10.0 Å². The van der Waals surface area contributed by atoms with Gasteiger partial charge in [0.1, 0.15) is 17.0 Å². The predicted molar refractivity (Wildman–Crippen MR) is 89.8 cm³/mol. The van der Waals surface area contributed by atoms with Crippen molar-refractivity contribution in [3.8, 4) is 5.75 Å². The largest absolute Gasteiger partial charge is 0.495 e. The molecule has 0 amide bonds. The Hall–Kier alpha value is -2.05. The summed E-state index contributed by atoms with van der Waals surface area (Å²) < 4.78 is 32.3. The SMILES string of the molecule is COc1cc(Cl)ccc1S(=O)(=O)n1cnc2cc(C)c(C)cc21. The average molecular weight is 351 g/mol. The van der Waals surface area contributed by atoms with Crippen LogP contribution < -0.4 is 4.74 Å². The molecule has 0 unspecified atom stereocenters. The number of fused-ring (bicyclic) bond motifs is 1. The second kappa shape index (κ2) is 5.54. The number of hydrogen-bond acceptors (Lipinski definition) is 4. The minimum atomic E-state index is -3.84. The normalized spacial score (nSPS) is 11.8. The van der Waals surface area contributed by atoms with Crippen molar-refractivity contribution in [3.63, 3.8) is 0 Å². The summed E-state index contributed by atoms with van der Waals surface area (Å²) in [6, 6.07) is 8.12. The Morgan fingerprint density at radius 2 is 1.83 bits per heavy atom. The van der Waals surface area contributed by atoms with Crippen LogP contribution in [-0.2, 0) is 10.0 Å². The molecular formula is C16H15ClN2O3S. The molecule has 0 aliphatic carbocycles. The quantitative estimate of drug-likeness (QED) is 0.724. The van der Waals surface area contributed by atoms with E-state index in [1.807, 2.05) is 26.0 Å². The van der Waals surface area contributed by atoms with Crippen LogP contribution in [0, 0.1) is 13.8 Å². The van der Waals surface area contributed by atoms with Crippen molar-refractivity contribution in [3.05, 3.63) is 52.8 Å². The highest BCUT2D eigenvalue weighted by Gasteiger charge is 2.24. The fourth-order valence-electron chi connectivity index (χ4n) is 2.39. The first-order chi connectivity index (χ1) is 10.8. The van der Waals surface area contributed by atoms with Crippen LogP contribution in [0.15, 0.2) is 41.6 Å². The van der Waals surface area contributed by atoms with Crippen LogP contribution in [0.5, 0.6) is 5.75 Å². The van der Waals surface area contributed by atoms with Gasteiger partial charge in [-0.25, -0.2) is 17.4 Å². The number of aryl methyl sites for hydroxylation is 2. The van der Waals surface area contributed by atoms with Crippen LogP contribution >= 0.6 is 11.6 Å². The molecule has 5 nitrogen and oxygen atoms in total.